The second-order valence-electron chi connectivity index (χ2n) is 12.5. The number of hydrogen-bond acceptors (Lipinski definition) is 8. The van der Waals surface area contributed by atoms with Crippen molar-refractivity contribution >= 4 is 40.0 Å². The molecular weight excluding hydrogens is 584 g/mol. The molecule has 5 rings (SSSR count). The minimum Gasteiger partial charge on any atom is -0.466 e. The van der Waals surface area contributed by atoms with E-state index in [-0.39, 0.29) is 36.6 Å². The summed E-state index contributed by atoms with van der Waals surface area (Å²) in [7, 11) is -4.05. The highest BCUT2D eigenvalue weighted by Gasteiger charge is 2.69. The van der Waals surface area contributed by atoms with Crippen LogP contribution in [0.3, 0.4) is 0 Å². The Bertz CT molecular complexity index is 1660. The number of nitrogens with zero attached hydrogens (tertiary/aromatic N) is 2. The lowest BCUT2D eigenvalue weighted by molar-refractivity contribution is -0.158. The number of benzene rings is 2. The lowest BCUT2D eigenvalue weighted by Crippen LogP contribution is -2.59. The van der Waals surface area contributed by atoms with Gasteiger partial charge in [-0.3, -0.25) is 13.9 Å². The summed E-state index contributed by atoms with van der Waals surface area (Å²) < 4.78 is 40.6. The van der Waals surface area contributed by atoms with Gasteiger partial charge in [-0.05, 0) is 70.4 Å². The number of ether oxygens (including phenoxy) is 2. The van der Waals surface area contributed by atoms with E-state index < -0.39 is 56.8 Å². The molecule has 1 spiro atoms. The molecule has 234 valence electrons. The molecule has 2 aromatic rings. The summed E-state index contributed by atoms with van der Waals surface area (Å²) in [4.78, 5) is 55.9. The highest BCUT2D eigenvalue weighted by atomic mass is 32.2. The topological polar surface area (TPSA) is 127 Å². The third kappa shape index (κ3) is 4.72. The van der Waals surface area contributed by atoms with E-state index in [0.29, 0.717) is 23.1 Å². The summed E-state index contributed by atoms with van der Waals surface area (Å²) in [6.45, 7) is 10.4. The highest BCUT2D eigenvalue weighted by molar-refractivity contribution is 7.89. The predicted octanol–water partition coefficient (Wildman–Crippen LogP) is 4.90. The normalized spacial score (nSPS) is 24.8. The van der Waals surface area contributed by atoms with Crippen molar-refractivity contribution in [1.29, 1.82) is 0 Å². The molecule has 0 saturated carbocycles. The van der Waals surface area contributed by atoms with Crippen molar-refractivity contribution in [1.82, 2.24) is 4.31 Å². The number of esters is 1. The highest BCUT2D eigenvalue weighted by Crippen LogP contribution is 2.62. The Morgan fingerprint density at radius 1 is 1.09 bits per heavy atom. The molecule has 44 heavy (non-hydrogen) atoms. The molecule has 0 N–H and O–H groups in total. The largest absolute Gasteiger partial charge is 0.466 e. The number of allylic oxidation sites excluding steroid dienone is 1. The molecule has 1 aliphatic carbocycles. The van der Waals surface area contributed by atoms with E-state index in [9.17, 15) is 27.6 Å². The maximum atomic E-state index is 14.9. The Hall–Kier alpha value is -3.99. The molecule has 11 heteroatoms. The lowest BCUT2D eigenvalue weighted by Gasteiger charge is -2.48. The number of para-hydroxylation sites is 1. The van der Waals surface area contributed by atoms with Gasteiger partial charge in [-0.2, -0.15) is 0 Å². The fraction of sp³-hybridized carbons (Fsp3) is 0.455. The van der Waals surface area contributed by atoms with Gasteiger partial charge in [-0.15, -0.1) is 0 Å². The summed E-state index contributed by atoms with van der Waals surface area (Å²) in [5.74, 6) is -4.40. The van der Waals surface area contributed by atoms with Gasteiger partial charge in [0.15, 0.2) is 0 Å². The molecule has 2 amide bonds. The maximum absolute atomic E-state index is 14.9. The number of imide groups is 1. The van der Waals surface area contributed by atoms with Crippen LogP contribution in [0.5, 0.6) is 0 Å². The van der Waals surface area contributed by atoms with Crippen LogP contribution in [0.25, 0.3) is 0 Å². The number of aldehydes is 1. The van der Waals surface area contributed by atoms with Gasteiger partial charge in [0, 0.05) is 30.5 Å². The molecule has 2 aliphatic heterocycles. The van der Waals surface area contributed by atoms with E-state index in [2.05, 4.69) is 0 Å². The van der Waals surface area contributed by atoms with E-state index in [4.69, 9.17) is 9.47 Å². The van der Waals surface area contributed by atoms with Gasteiger partial charge in [-0.25, -0.2) is 18.1 Å². The summed E-state index contributed by atoms with van der Waals surface area (Å²) >= 11 is 0. The van der Waals surface area contributed by atoms with Gasteiger partial charge in [-0.1, -0.05) is 42.8 Å². The van der Waals surface area contributed by atoms with Crippen LogP contribution in [0.1, 0.15) is 58.6 Å². The fourth-order valence-electron chi connectivity index (χ4n) is 7.23. The van der Waals surface area contributed by atoms with Crippen LogP contribution in [0.2, 0.25) is 0 Å². The number of aryl methyl sites for hydroxylation is 1. The van der Waals surface area contributed by atoms with Crippen molar-refractivity contribution in [2.45, 2.75) is 70.3 Å². The zero-order valence-corrected chi connectivity index (χ0v) is 26.6. The summed E-state index contributed by atoms with van der Waals surface area (Å²) in [6.07, 6.45) is -0.148. The van der Waals surface area contributed by atoms with E-state index in [1.807, 2.05) is 6.92 Å². The number of sulfonamides is 1. The Balaban J connectivity index is 1.77. The number of anilines is 1. The van der Waals surface area contributed by atoms with Crippen LogP contribution in [0.15, 0.2) is 64.7 Å². The van der Waals surface area contributed by atoms with E-state index in [1.54, 1.807) is 83.1 Å². The Morgan fingerprint density at radius 3 is 2.36 bits per heavy atom. The number of hydrogen-bond donors (Lipinski definition) is 0. The van der Waals surface area contributed by atoms with Crippen LogP contribution in [0, 0.1) is 24.7 Å². The zero-order valence-electron chi connectivity index (χ0n) is 25.8. The smallest absolute Gasteiger partial charge is 0.421 e. The van der Waals surface area contributed by atoms with E-state index >= 15 is 0 Å². The second-order valence-corrected chi connectivity index (χ2v) is 14.4. The number of carbonyl (C=O) groups excluding carboxylic acids is 4. The Kier molecular flexibility index (Phi) is 7.99. The zero-order chi connectivity index (χ0) is 32.2. The van der Waals surface area contributed by atoms with Gasteiger partial charge in [0.2, 0.25) is 5.91 Å². The molecule has 0 fully saturated rings. The maximum Gasteiger partial charge on any atom is 0.421 e. The molecule has 10 nitrogen and oxygen atoms in total. The molecule has 2 heterocycles. The molecule has 3 aliphatic rings. The fourth-order valence-corrected chi connectivity index (χ4v) is 8.84. The van der Waals surface area contributed by atoms with Gasteiger partial charge in [0.1, 0.15) is 11.9 Å². The van der Waals surface area contributed by atoms with Crippen molar-refractivity contribution in [3.63, 3.8) is 0 Å². The van der Waals surface area contributed by atoms with E-state index in [1.165, 1.54) is 4.31 Å². The minimum absolute atomic E-state index is 0.0133. The average molecular weight is 623 g/mol. The van der Waals surface area contributed by atoms with Gasteiger partial charge < -0.3 is 14.3 Å². The van der Waals surface area contributed by atoms with Gasteiger partial charge in [0.05, 0.1) is 28.5 Å². The monoisotopic (exact) mass is 622 g/mol. The van der Waals surface area contributed by atoms with Crippen LogP contribution in [-0.2, 0) is 39.3 Å². The first kappa shape index (κ1) is 31.4. The molecule has 4 atom stereocenters. The minimum atomic E-state index is -4.05. The van der Waals surface area contributed by atoms with Crippen LogP contribution < -0.4 is 4.90 Å². The lowest BCUT2D eigenvalue weighted by atomic mass is 9.53. The van der Waals surface area contributed by atoms with Gasteiger partial charge >= 0.3 is 12.1 Å². The second kappa shape index (κ2) is 11.2. The number of carbonyl (C=O) groups is 4. The quantitative estimate of drug-likeness (QED) is 0.329. The molecule has 0 saturated heterocycles. The third-order valence-electron chi connectivity index (χ3n) is 8.78. The van der Waals surface area contributed by atoms with Crippen molar-refractivity contribution in [2.24, 2.45) is 17.8 Å². The first-order chi connectivity index (χ1) is 20.7. The summed E-state index contributed by atoms with van der Waals surface area (Å²) in [5.41, 5.74) is -0.0785. The molecule has 0 bridgehead atoms. The SMILES string of the molecule is CCOC(=O)[C@H]1[C@H](C)C2=C(CCN2S(=O)(=O)c2ccc(C)cc2)[C@H](CC=O)[C@]12C(=O)N(C(=O)OC(C)(C)C)c1ccccc12. The van der Waals surface area contributed by atoms with Crippen LogP contribution in [0.4, 0.5) is 10.5 Å². The Morgan fingerprint density at radius 2 is 1.75 bits per heavy atom. The number of fused-ring (bicyclic) bond motifs is 2. The standard InChI is InChI=1S/C33H38N2O8S/c1-7-42-29(37)27-21(3)28-23(16-18-34(28)44(40,41)22-14-12-20(2)13-15-22)24(17-19-36)33(27)25-10-8-9-11-26(25)35(30(33)38)31(39)43-32(4,5)6/h8-15,19,21,24,27H,7,16-18H2,1-6H3/t21-,24-,27+,33+/m0/s1. The molecular formula is C33H38N2O8S. The van der Waals surface area contributed by atoms with Crippen molar-refractivity contribution < 1.29 is 37.1 Å². The first-order valence-corrected chi connectivity index (χ1v) is 16.2. The summed E-state index contributed by atoms with van der Waals surface area (Å²) in [5, 5.41) is 0. The van der Waals surface area contributed by atoms with Crippen molar-refractivity contribution in [3.05, 3.63) is 70.9 Å². The van der Waals surface area contributed by atoms with E-state index in [0.717, 1.165) is 10.5 Å². The predicted molar refractivity (Wildman–Crippen MR) is 162 cm³/mol. The first-order valence-electron chi connectivity index (χ1n) is 14.8. The Labute approximate surface area is 258 Å². The molecule has 0 unspecified atom stereocenters. The van der Waals surface area contributed by atoms with Crippen molar-refractivity contribution in [3.8, 4) is 0 Å². The number of amides is 2. The third-order valence-corrected chi connectivity index (χ3v) is 10.6. The van der Waals surface area contributed by atoms with Crippen LogP contribution >= 0.6 is 0 Å². The summed E-state index contributed by atoms with van der Waals surface area (Å²) in [6, 6.07) is 13.2. The average Bonchev–Trinajstić information content (AvgIpc) is 3.50. The van der Waals surface area contributed by atoms with Crippen LogP contribution in [-0.4, -0.2) is 55.7 Å². The molecule has 0 radical (unpaired) electrons. The van der Waals surface area contributed by atoms with Crippen molar-refractivity contribution in [2.75, 3.05) is 18.1 Å². The van der Waals surface area contributed by atoms with Gasteiger partial charge in [0.25, 0.3) is 10.0 Å². The number of rotatable bonds is 6. The molecule has 0 aromatic heterocycles. The molecule has 2 aromatic carbocycles.